The zero-order chi connectivity index (χ0) is 21.0. The van der Waals surface area contributed by atoms with Crippen LogP contribution in [0.1, 0.15) is 46.4 Å². The summed E-state index contributed by atoms with van der Waals surface area (Å²) in [5, 5.41) is 11.8. The lowest BCUT2D eigenvalue weighted by Gasteiger charge is -2.38. The molecule has 1 aromatic carbocycles. The Labute approximate surface area is 173 Å². The van der Waals surface area contributed by atoms with Crippen LogP contribution in [0, 0.1) is 17.0 Å². The number of nitrogens with zero attached hydrogens (tertiary/aromatic N) is 1. The van der Waals surface area contributed by atoms with E-state index in [2.05, 4.69) is 0 Å². The van der Waals surface area contributed by atoms with Gasteiger partial charge in [0.15, 0.2) is 23.5 Å². The van der Waals surface area contributed by atoms with Crippen LogP contribution in [0.5, 0.6) is 0 Å². The molecule has 1 N–H and O–H groups in total. The van der Waals surface area contributed by atoms with E-state index in [0.717, 1.165) is 32.3 Å². The fraction of sp³-hybridized carbons (Fsp3) is 0.545. The molecule has 4 unspecified atom stereocenters. The van der Waals surface area contributed by atoms with Gasteiger partial charge in [-0.25, -0.2) is 4.79 Å². The summed E-state index contributed by atoms with van der Waals surface area (Å²) in [4.78, 5) is 53.5. The molecule has 0 aromatic heterocycles. The number of piperidine rings is 1. The molecule has 1 aromatic rings. The summed E-state index contributed by atoms with van der Waals surface area (Å²) in [5.41, 5.74) is 0.275. The molecule has 3 heterocycles. The highest BCUT2D eigenvalue weighted by Gasteiger charge is 2.61. The van der Waals surface area contributed by atoms with Crippen LogP contribution in [0.4, 0.5) is 0 Å². The summed E-state index contributed by atoms with van der Waals surface area (Å²) in [6.07, 6.45) is 3.74. The molecule has 0 bridgehead atoms. The summed E-state index contributed by atoms with van der Waals surface area (Å²) in [7, 11) is 0. The maximum Gasteiger partial charge on any atom is 0.324 e. The van der Waals surface area contributed by atoms with Gasteiger partial charge in [-0.1, -0.05) is 24.3 Å². The van der Waals surface area contributed by atoms with Crippen molar-refractivity contribution in [1.29, 1.82) is 0 Å². The zero-order valence-electron chi connectivity index (χ0n) is 16.6. The number of hydroxylamine groups is 2. The van der Waals surface area contributed by atoms with Crippen LogP contribution in [0.3, 0.4) is 0 Å². The van der Waals surface area contributed by atoms with E-state index in [1.807, 2.05) is 4.90 Å². The number of nitrogens with one attached hydrogen (secondary N) is 1. The number of ether oxygens (including phenoxy) is 1. The van der Waals surface area contributed by atoms with Crippen molar-refractivity contribution in [1.82, 2.24) is 4.90 Å². The smallest absolute Gasteiger partial charge is 0.324 e. The minimum absolute atomic E-state index is 0.00606. The van der Waals surface area contributed by atoms with Gasteiger partial charge in [0, 0.05) is 30.8 Å². The van der Waals surface area contributed by atoms with Crippen LogP contribution < -0.4 is 5.06 Å². The molecule has 0 radical (unpaired) electrons. The average Bonchev–Trinajstić information content (AvgIpc) is 3.31. The predicted molar refractivity (Wildman–Crippen MR) is 104 cm³/mol. The van der Waals surface area contributed by atoms with Gasteiger partial charge in [0.1, 0.15) is 5.92 Å². The number of hydrogen-bond acceptors (Lipinski definition) is 7. The molecule has 8 nitrogen and oxygen atoms in total. The van der Waals surface area contributed by atoms with Crippen molar-refractivity contribution in [3.8, 4) is 0 Å². The predicted octanol–water partition coefficient (Wildman–Crippen LogP) is -0.196. The van der Waals surface area contributed by atoms with E-state index in [0.29, 0.717) is 13.1 Å². The highest BCUT2D eigenvalue weighted by atomic mass is 16.5. The highest BCUT2D eigenvalue weighted by Crippen LogP contribution is 2.37. The third-order valence-corrected chi connectivity index (χ3v) is 7.25. The standard InChI is InChI=1S/C22H24N2O6/c25-15(12-23-9-7-22(8-10-23)6-3-11-30-22)18-16-17(21(28)24(18)29)20(27)14-5-2-1-4-13(14)19(16)26/h1-2,4-5,16-18,24H,3,6-12H2. The van der Waals surface area contributed by atoms with Gasteiger partial charge >= 0.3 is 5.91 Å². The molecule has 1 aliphatic carbocycles. The Hall–Kier alpha value is -2.26. The Kier molecular flexibility index (Phi) is 4.70. The summed E-state index contributed by atoms with van der Waals surface area (Å²) in [5.74, 6) is -4.88. The van der Waals surface area contributed by atoms with Crippen molar-refractivity contribution in [2.45, 2.75) is 37.3 Å². The Morgan fingerprint density at radius 2 is 1.77 bits per heavy atom. The Balaban J connectivity index is 1.35. The molecule has 3 fully saturated rings. The number of benzene rings is 1. The first kappa shape index (κ1) is 19.7. The number of Topliss-reactive ketones (excluding diaryl/α,β-unsaturated/α-hetero) is 3. The van der Waals surface area contributed by atoms with Gasteiger partial charge in [-0.3, -0.25) is 24.3 Å². The van der Waals surface area contributed by atoms with E-state index in [9.17, 15) is 24.4 Å². The van der Waals surface area contributed by atoms with Gasteiger partial charge in [0.05, 0.1) is 12.1 Å². The van der Waals surface area contributed by atoms with Crippen molar-refractivity contribution >= 4 is 23.3 Å². The lowest BCUT2D eigenvalue weighted by Crippen LogP contribution is -3.13. The molecule has 3 saturated heterocycles. The number of quaternary nitrogens is 1. The molecule has 4 atom stereocenters. The molecule has 30 heavy (non-hydrogen) atoms. The number of rotatable bonds is 3. The highest BCUT2D eigenvalue weighted by molar-refractivity contribution is 6.23. The minimum Gasteiger partial charge on any atom is -0.626 e. The maximum atomic E-state index is 13.1. The first-order chi connectivity index (χ1) is 14.4. The molecule has 5 rings (SSSR count). The zero-order valence-corrected chi connectivity index (χ0v) is 16.6. The summed E-state index contributed by atoms with van der Waals surface area (Å²) >= 11 is 0. The first-order valence-electron chi connectivity index (χ1n) is 10.6. The fourth-order valence-electron chi connectivity index (χ4n) is 5.60. The van der Waals surface area contributed by atoms with Crippen molar-refractivity contribution in [2.75, 3.05) is 26.2 Å². The Morgan fingerprint density at radius 1 is 1.10 bits per heavy atom. The lowest BCUT2D eigenvalue weighted by atomic mass is 9.72. The van der Waals surface area contributed by atoms with Crippen LogP contribution in [-0.2, 0) is 14.3 Å². The summed E-state index contributed by atoms with van der Waals surface area (Å²) in [6, 6.07) is 4.91. The normalized spacial score (nSPS) is 33.0. The monoisotopic (exact) mass is 412 g/mol. The second-order valence-electron chi connectivity index (χ2n) is 8.86. The topological polar surface area (TPSA) is 108 Å². The van der Waals surface area contributed by atoms with Crippen molar-refractivity contribution in [3.63, 3.8) is 0 Å². The SMILES string of the molecule is O=C1c2ccccc2C(=O)C2C1C(=O)[NH+]([O-])C2C(=O)CN1CCC2(CCCO2)CC1. The van der Waals surface area contributed by atoms with E-state index in [-0.39, 0.29) is 23.3 Å². The molecular weight excluding hydrogens is 388 g/mol. The summed E-state index contributed by atoms with van der Waals surface area (Å²) in [6.45, 7) is 2.12. The Morgan fingerprint density at radius 3 is 2.40 bits per heavy atom. The molecular formula is C22H24N2O6. The van der Waals surface area contributed by atoms with Crippen LogP contribution >= 0.6 is 0 Å². The quantitative estimate of drug-likeness (QED) is 0.541. The number of hydrogen-bond donors (Lipinski definition) is 1. The lowest BCUT2D eigenvalue weighted by molar-refractivity contribution is -0.775. The molecule has 1 amide bonds. The molecule has 1 spiro atoms. The second-order valence-corrected chi connectivity index (χ2v) is 8.86. The van der Waals surface area contributed by atoms with Gasteiger partial charge in [0.25, 0.3) is 0 Å². The molecule has 3 aliphatic heterocycles. The number of likely N-dealkylation sites (tertiary alicyclic amines) is 1. The molecule has 8 heteroatoms. The summed E-state index contributed by atoms with van der Waals surface area (Å²) < 4.78 is 5.90. The van der Waals surface area contributed by atoms with Crippen LogP contribution in [0.25, 0.3) is 0 Å². The van der Waals surface area contributed by atoms with Gasteiger partial charge in [0.2, 0.25) is 5.78 Å². The van der Waals surface area contributed by atoms with Crippen LogP contribution in [0.15, 0.2) is 24.3 Å². The maximum absolute atomic E-state index is 13.1. The Bertz CT molecular complexity index is 927. The third kappa shape index (κ3) is 2.90. The van der Waals surface area contributed by atoms with E-state index >= 15 is 0 Å². The van der Waals surface area contributed by atoms with Crippen molar-refractivity contribution in [3.05, 3.63) is 40.6 Å². The van der Waals surface area contributed by atoms with E-state index < -0.39 is 46.2 Å². The van der Waals surface area contributed by atoms with E-state index in [4.69, 9.17) is 4.74 Å². The van der Waals surface area contributed by atoms with Gasteiger partial charge in [-0.15, -0.1) is 0 Å². The van der Waals surface area contributed by atoms with Gasteiger partial charge in [-0.2, -0.15) is 0 Å². The van der Waals surface area contributed by atoms with E-state index in [1.165, 1.54) is 12.1 Å². The number of fused-ring (bicyclic) bond motifs is 2. The number of carbonyl (C=O) groups is 4. The van der Waals surface area contributed by atoms with Crippen LogP contribution in [0.2, 0.25) is 0 Å². The molecule has 158 valence electrons. The molecule has 4 aliphatic rings. The third-order valence-electron chi connectivity index (χ3n) is 7.25. The van der Waals surface area contributed by atoms with E-state index in [1.54, 1.807) is 12.1 Å². The number of ketones is 3. The van der Waals surface area contributed by atoms with Crippen molar-refractivity contribution < 1.29 is 29.0 Å². The number of carbonyl (C=O) groups excluding carboxylic acids is 4. The average molecular weight is 412 g/mol. The minimum atomic E-state index is -1.36. The molecule has 0 saturated carbocycles. The largest absolute Gasteiger partial charge is 0.626 e. The second kappa shape index (κ2) is 7.16. The van der Waals surface area contributed by atoms with Gasteiger partial charge in [-0.05, 0) is 25.7 Å². The number of amides is 1. The first-order valence-corrected chi connectivity index (χ1v) is 10.6. The fourth-order valence-corrected chi connectivity index (χ4v) is 5.60. The van der Waals surface area contributed by atoms with Crippen LogP contribution in [-0.4, -0.2) is 66.0 Å². The van der Waals surface area contributed by atoms with Gasteiger partial charge < -0.3 is 9.94 Å². The van der Waals surface area contributed by atoms with Crippen molar-refractivity contribution in [2.24, 2.45) is 11.8 Å².